The van der Waals surface area contributed by atoms with Crippen LogP contribution in [0.25, 0.3) is 0 Å². The molecule has 1 fully saturated rings. The number of carbonyl (C=O) groups excluding carboxylic acids is 1. The van der Waals surface area contributed by atoms with Crippen molar-refractivity contribution in [1.29, 1.82) is 0 Å². The quantitative estimate of drug-likeness (QED) is 0.781. The van der Waals surface area contributed by atoms with Gasteiger partial charge >= 0.3 is 5.97 Å². The van der Waals surface area contributed by atoms with E-state index < -0.39 is 12.0 Å². The van der Waals surface area contributed by atoms with Crippen molar-refractivity contribution in [1.82, 2.24) is 10.2 Å². The molecule has 0 aliphatic carbocycles. The molecule has 0 aromatic heterocycles. The highest BCUT2D eigenvalue weighted by Gasteiger charge is 2.35. The van der Waals surface area contributed by atoms with Gasteiger partial charge < -0.3 is 10.4 Å². The molecule has 0 aromatic rings. The van der Waals surface area contributed by atoms with Crippen LogP contribution in [-0.4, -0.2) is 46.1 Å². The molecule has 4 atom stereocenters. The lowest BCUT2D eigenvalue weighted by Gasteiger charge is -2.32. The summed E-state index contributed by atoms with van der Waals surface area (Å²) in [4.78, 5) is 25.7. The Bertz CT molecular complexity index is 347. The summed E-state index contributed by atoms with van der Waals surface area (Å²) in [7, 11) is 0. The van der Waals surface area contributed by atoms with Crippen LogP contribution < -0.4 is 5.32 Å². The summed E-state index contributed by atoms with van der Waals surface area (Å²) < 4.78 is 0. The number of amides is 1. The normalized spacial score (nSPS) is 26.5. The smallest absolute Gasteiger partial charge is 0.326 e. The molecular formula is C15H28N2O3. The third-order valence-electron chi connectivity index (χ3n) is 4.17. The van der Waals surface area contributed by atoms with E-state index in [1.54, 1.807) is 0 Å². The van der Waals surface area contributed by atoms with Crippen molar-refractivity contribution in [2.24, 2.45) is 5.92 Å². The summed E-state index contributed by atoms with van der Waals surface area (Å²) >= 11 is 0. The molecule has 1 saturated heterocycles. The molecule has 2 N–H and O–H groups in total. The van der Waals surface area contributed by atoms with E-state index in [-0.39, 0.29) is 17.9 Å². The Hall–Kier alpha value is -1.10. The lowest BCUT2D eigenvalue weighted by Crippen LogP contribution is -2.53. The second kappa shape index (κ2) is 7.07. The van der Waals surface area contributed by atoms with E-state index in [0.29, 0.717) is 18.5 Å². The average molecular weight is 284 g/mol. The van der Waals surface area contributed by atoms with Crippen LogP contribution in [0.4, 0.5) is 0 Å². The number of nitrogens with one attached hydrogen (secondary N) is 1. The van der Waals surface area contributed by atoms with Gasteiger partial charge in [-0.25, -0.2) is 4.79 Å². The zero-order valence-electron chi connectivity index (χ0n) is 13.2. The minimum absolute atomic E-state index is 0.182. The second-order valence-electron chi connectivity index (χ2n) is 6.43. The molecule has 4 unspecified atom stereocenters. The molecule has 1 aliphatic heterocycles. The van der Waals surface area contributed by atoms with E-state index in [1.165, 1.54) is 0 Å². The number of hydrogen-bond donors (Lipinski definition) is 2. The van der Waals surface area contributed by atoms with Crippen LogP contribution in [0.2, 0.25) is 0 Å². The van der Waals surface area contributed by atoms with E-state index in [4.69, 9.17) is 0 Å². The first-order valence-electron chi connectivity index (χ1n) is 7.54. The average Bonchev–Trinajstić information content (AvgIpc) is 2.66. The van der Waals surface area contributed by atoms with Crippen LogP contribution in [0.3, 0.4) is 0 Å². The molecule has 116 valence electrons. The Morgan fingerprint density at radius 3 is 2.10 bits per heavy atom. The molecule has 0 spiro atoms. The van der Waals surface area contributed by atoms with Crippen LogP contribution in [0.5, 0.6) is 0 Å². The van der Waals surface area contributed by atoms with E-state index in [2.05, 4.69) is 24.1 Å². The van der Waals surface area contributed by atoms with Gasteiger partial charge in [-0.05, 0) is 46.0 Å². The van der Waals surface area contributed by atoms with Crippen LogP contribution in [-0.2, 0) is 9.59 Å². The summed E-state index contributed by atoms with van der Waals surface area (Å²) in [6, 6.07) is -0.326. The predicted molar refractivity (Wildman–Crippen MR) is 78.5 cm³/mol. The summed E-state index contributed by atoms with van der Waals surface area (Å²) in [6.07, 6.45) is 2.64. The van der Waals surface area contributed by atoms with Gasteiger partial charge in [0.2, 0.25) is 5.91 Å². The Morgan fingerprint density at radius 1 is 1.20 bits per heavy atom. The van der Waals surface area contributed by atoms with Gasteiger partial charge in [0.25, 0.3) is 0 Å². The fourth-order valence-electron chi connectivity index (χ4n) is 3.10. The van der Waals surface area contributed by atoms with Gasteiger partial charge in [0.15, 0.2) is 0 Å². The van der Waals surface area contributed by atoms with E-state index in [9.17, 15) is 14.7 Å². The Balaban J connectivity index is 2.66. The molecule has 5 nitrogen and oxygen atoms in total. The molecule has 1 heterocycles. The van der Waals surface area contributed by atoms with Crippen LogP contribution in [0.15, 0.2) is 0 Å². The number of aliphatic carboxylic acids is 1. The zero-order valence-corrected chi connectivity index (χ0v) is 13.2. The molecule has 0 bridgehead atoms. The molecule has 0 aromatic carbocycles. The van der Waals surface area contributed by atoms with Gasteiger partial charge in [-0.1, -0.05) is 13.8 Å². The number of carboxylic acid groups (broad SMARTS) is 1. The molecule has 5 heteroatoms. The van der Waals surface area contributed by atoms with Gasteiger partial charge in [-0.3, -0.25) is 9.69 Å². The minimum atomic E-state index is -0.957. The van der Waals surface area contributed by atoms with Gasteiger partial charge in [0.05, 0.1) is 6.04 Å². The highest BCUT2D eigenvalue weighted by molar-refractivity contribution is 5.86. The van der Waals surface area contributed by atoms with Crippen molar-refractivity contribution in [2.45, 2.75) is 78.0 Å². The first kappa shape index (κ1) is 17.0. The van der Waals surface area contributed by atoms with Gasteiger partial charge in [-0.15, -0.1) is 0 Å². The first-order chi connectivity index (χ1) is 9.23. The summed E-state index contributed by atoms with van der Waals surface area (Å²) in [5, 5.41) is 11.9. The first-order valence-corrected chi connectivity index (χ1v) is 7.54. The van der Waals surface area contributed by atoms with E-state index in [0.717, 1.165) is 12.8 Å². The maximum Gasteiger partial charge on any atom is 0.326 e. The lowest BCUT2D eigenvalue weighted by atomic mass is 10.0. The topological polar surface area (TPSA) is 69.6 Å². The van der Waals surface area contributed by atoms with Gasteiger partial charge in [0.1, 0.15) is 6.04 Å². The van der Waals surface area contributed by atoms with Crippen LogP contribution in [0.1, 0.15) is 53.9 Å². The number of likely N-dealkylation sites (tertiary alicyclic amines) is 1. The van der Waals surface area contributed by atoms with Crippen molar-refractivity contribution in [3.05, 3.63) is 0 Å². The molecule has 1 aliphatic rings. The zero-order chi connectivity index (χ0) is 15.4. The van der Waals surface area contributed by atoms with Crippen LogP contribution >= 0.6 is 0 Å². The molecule has 1 rings (SSSR count). The van der Waals surface area contributed by atoms with Crippen molar-refractivity contribution in [3.63, 3.8) is 0 Å². The fourth-order valence-corrected chi connectivity index (χ4v) is 3.10. The molecule has 1 amide bonds. The minimum Gasteiger partial charge on any atom is -0.480 e. The van der Waals surface area contributed by atoms with E-state index in [1.807, 2.05) is 20.8 Å². The van der Waals surface area contributed by atoms with Crippen molar-refractivity contribution >= 4 is 11.9 Å². The SMILES string of the molecule is CC(C)CC(NC(=O)C(C)N1C(C)CCC1C)C(=O)O. The van der Waals surface area contributed by atoms with Crippen LogP contribution in [0, 0.1) is 5.92 Å². The molecule has 0 radical (unpaired) electrons. The third-order valence-corrected chi connectivity index (χ3v) is 4.17. The van der Waals surface area contributed by atoms with Crippen molar-refractivity contribution < 1.29 is 14.7 Å². The highest BCUT2D eigenvalue weighted by atomic mass is 16.4. The van der Waals surface area contributed by atoms with E-state index >= 15 is 0 Å². The number of carboxylic acids is 1. The second-order valence-corrected chi connectivity index (χ2v) is 6.43. The summed E-state index contributed by atoms with van der Waals surface area (Å²) in [5.74, 6) is -0.906. The Labute approximate surface area is 121 Å². The third kappa shape index (κ3) is 4.20. The van der Waals surface area contributed by atoms with Crippen molar-refractivity contribution in [3.8, 4) is 0 Å². The van der Waals surface area contributed by atoms with Crippen molar-refractivity contribution in [2.75, 3.05) is 0 Å². The maximum absolute atomic E-state index is 12.3. The van der Waals surface area contributed by atoms with Gasteiger partial charge in [-0.2, -0.15) is 0 Å². The fraction of sp³-hybridized carbons (Fsp3) is 0.867. The van der Waals surface area contributed by atoms with Gasteiger partial charge in [0, 0.05) is 12.1 Å². The largest absolute Gasteiger partial charge is 0.480 e. The molecular weight excluding hydrogens is 256 g/mol. The Kier molecular flexibility index (Phi) is 5.99. The number of nitrogens with zero attached hydrogens (tertiary/aromatic N) is 1. The maximum atomic E-state index is 12.3. The highest BCUT2D eigenvalue weighted by Crippen LogP contribution is 2.26. The predicted octanol–water partition coefficient (Wildman–Crippen LogP) is 1.86. The summed E-state index contributed by atoms with van der Waals surface area (Å²) in [5.41, 5.74) is 0. The summed E-state index contributed by atoms with van der Waals surface area (Å²) in [6.45, 7) is 10.0. The lowest BCUT2D eigenvalue weighted by molar-refractivity contribution is -0.143. The number of carbonyl (C=O) groups is 2. The standard InChI is InChI=1S/C15H28N2O3/c1-9(2)8-13(15(19)20)16-14(18)12(5)17-10(3)6-7-11(17)4/h9-13H,6-8H2,1-5H3,(H,16,18)(H,19,20). The monoisotopic (exact) mass is 284 g/mol. The Morgan fingerprint density at radius 2 is 1.70 bits per heavy atom. The number of hydrogen-bond acceptors (Lipinski definition) is 3. The molecule has 20 heavy (non-hydrogen) atoms. The molecule has 0 saturated carbocycles. The number of rotatable bonds is 6.